The highest BCUT2D eigenvalue weighted by molar-refractivity contribution is 7.10. The van der Waals surface area contributed by atoms with E-state index < -0.39 is 0 Å². The maximum Gasteiger partial charge on any atom is 0.0336 e. The van der Waals surface area contributed by atoms with E-state index in [1.807, 2.05) is 11.3 Å². The molecule has 3 heteroatoms. The van der Waals surface area contributed by atoms with Crippen molar-refractivity contribution in [3.05, 3.63) is 21.9 Å². The Morgan fingerprint density at radius 2 is 2.26 bits per heavy atom. The number of nitrogens with zero attached hydrogens (tertiary/aromatic N) is 1. The Labute approximate surface area is 121 Å². The smallest absolute Gasteiger partial charge is 0.0336 e. The molecule has 2 heterocycles. The molecule has 1 aliphatic heterocycles. The summed E-state index contributed by atoms with van der Waals surface area (Å²) >= 11 is 1.92. The van der Waals surface area contributed by atoms with Crippen molar-refractivity contribution in [1.82, 2.24) is 4.90 Å². The van der Waals surface area contributed by atoms with Gasteiger partial charge in [-0.1, -0.05) is 19.3 Å². The molecule has 0 spiro atoms. The van der Waals surface area contributed by atoms with Crippen LogP contribution in [0.5, 0.6) is 0 Å². The number of thiophene rings is 1. The van der Waals surface area contributed by atoms with Crippen LogP contribution in [0.15, 0.2) is 11.4 Å². The van der Waals surface area contributed by atoms with Crippen molar-refractivity contribution in [2.75, 3.05) is 13.1 Å². The van der Waals surface area contributed by atoms with E-state index in [2.05, 4.69) is 30.2 Å². The van der Waals surface area contributed by atoms with E-state index in [-0.39, 0.29) is 5.54 Å². The van der Waals surface area contributed by atoms with Gasteiger partial charge in [0.25, 0.3) is 0 Å². The zero-order valence-electron chi connectivity index (χ0n) is 12.2. The number of rotatable bonds is 4. The second kappa shape index (κ2) is 5.19. The molecule has 1 aromatic rings. The molecule has 2 aliphatic rings. The van der Waals surface area contributed by atoms with Crippen LogP contribution in [0.4, 0.5) is 0 Å². The van der Waals surface area contributed by atoms with Crippen molar-refractivity contribution in [1.29, 1.82) is 0 Å². The van der Waals surface area contributed by atoms with Gasteiger partial charge in [-0.05, 0) is 49.6 Å². The van der Waals surface area contributed by atoms with Gasteiger partial charge in [-0.3, -0.25) is 4.90 Å². The molecule has 2 nitrogen and oxygen atoms in total. The predicted octanol–water partition coefficient (Wildman–Crippen LogP) is 3.57. The molecule has 2 atom stereocenters. The van der Waals surface area contributed by atoms with Crippen LogP contribution in [0.2, 0.25) is 0 Å². The highest BCUT2D eigenvalue weighted by Crippen LogP contribution is 2.41. The predicted molar refractivity (Wildman–Crippen MR) is 82.6 cm³/mol. The fourth-order valence-corrected chi connectivity index (χ4v) is 4.85. The van der Waals surface area contributed by atoms with Crippen LogP contribution in [0, 0.1) is 5.92 Å². The Hall–Kier alpha value is -0.380. The third-order valence-electron chi connectivity index (χ3n) is 5.36. The second-order valence-corrected chi connectivity index (χ2v) is 7.62. The van der Waals surface area contributed by atoms with Crippen molar-refractivity contribution in [3.8, 4) is 0 Å². The number of hydrogen-bond acceptors (Lipinski definition) is 3. The van der Waals surface area contributed by atoms with Crippen molar-refractivity contribution in [2.24, 2.45) is 11.7 Å². The van der Waals surface area contributed by atoms with Crippen molar-refractivity contribution >= 4 is 11.3 Å². The van der Waals surface area contributed by atoms with Gasteiger partial charge in [-0.2, -0.15) is 0 Å². The lowest BCUT2D eigenvalue weighted by atomic mass is 9.75. The summed E-state index contributed by atoms with van der Waals surface area (Å²) in [5, 5.41) is 2.25. The molecule has 0 radical (unpaired) electrons. The third-order valence-corrected chi connectivity index (χ3v) is 6.36. The average Bonchev–Trinajstić information content (AvgIpc) is 2.83. The van der Waals surface area contributed by atoms with Gasteiger partial charge in [-0.25, -0.2) is 0 Å². The van der Waals surface area contributed by atoms with E-state index in [1.165, 1.54) is 38.6 Å². The summed E-state index contributed by atoms with van der Waals surface area (Å²) in [6.07, 6.45) is 6.75. The number of hydrogen-bond donors (Lipinski definition) is 1. The Balaban J connectivity index is 1.79. The number of fused-ring (bicyclic) bond motifs is 1. The highest BCUT2D eigenvalue weighted by atomic mass is 32.1. The summed E-state index contributed by atoms with van der Waals surface area (Å²) in [5.74, 6) is 0.921. The van der Waals surface area contributed by atoms with Gasteiger partial charge in [0.2, 0.25) is 0 Å². The molecule has 19 heavy (non-hydrogen) atoms. The maximum absolute atomic E-state index is 6.18. The molecular formula is C16H26N2S. The van der Waals surface area contributed by atoms with Crippen LogP contribution in [0.1, 0.15) is 56.0 Å². The van der Waals surface area contributed by atoms with Gasteiger partial charge >= 0.3 is 0 Å². The first kappa shape index (κ1) is 13.6. The Morgan fingerprint density at radius 3 is 2.89 bits per heavy atom. The third kappa shape index (κ3) is 2.37. The molecular weight excluding hydrogens is 252 g/mol. The molecule has 3 rings (SSSR count). The van der Waals surface area contributed by atoms with Gasteiger partial charge in [0.05, 0.1) is 0 Å². The minimum Gasteiger partial charge on any atom is -0.329 e. The summed E-state index contributed by atoms with van der Waals surface area (Å²) in [5.41, 5.74) is 7.91. The Bertz CT molecular complexity index is 438. The van der Waals surface area contributed by atoms with Crippen LogP contribution in [-0.2, 0) is 6.42 Å². The number of nitrogens with two attached hydrogens (primary N) is 1. The maximum atomic E-state index is 6.18. The zero-order chi connectivity index (χ0) is 13.5. The van der Waals surface area contributed by atoms with Crippen molar-refractivity contribution < 1.29 is 0 Å². The summed E-state index contributed by atoms with van der Waals surface area (Å²) in [6, 6.07) is 2.85. The normalized spacial score (nSPS) is 27.6. The van der Waals surface area contributed by atoms with Gasteiger partial charge in [0.1, 0.15) is 0 Å². The first-order valence-electron chi connectivity index (χ1n) is 7.67. The first-order chi connectivity index (χ1) is 9.14. The van der Waals surface area contributed by atoms with Gasteiger partial charge in [0.15, 0.2) is 0 Å². The van der Waals surface area contributed by atoms with E-state index in [9.17, 15) is 0 Å². The second-order valence-electron chi connectivity index (χ2n) is 6.62. The average molecular weight is 278 g/mol. The van der Waals surface area contributed by atoms with E-state index in [0.29, 0.717) is 6.04 Å². The minimum absolute atomic E-state index is 0.185. The van der Waals surface area contributed by atoms with Gasteiger partial charge in [0, 0.05) is 29.5 Å². The Kier molecular flexibility index (Phi) is 3.71. The van der Waals surface area contributed by atoms with Crippen LogP contribution in [0.25, 0.3) is 0 Å². The molecule has 0 saturated heterocycles. The largest absolute Gasteiger partial charge is 0.329 e. The lowest BCUT2D eigenvalue weighted by molar-refractivity contribution is 0.0303. The van der Waals surface area contributed by atoms with E-state index in [1.54, 1.807) is 10.4 Å². The fourth-order valence-electron chi connectivity index (χ4n) is 3.88. The first-order valence-corrected chi connectivity index (χ1v) is 8.55. The van der Waals surface area contributed by atoms with Crippen LogP contribution in [0.3, 0.4) is 0 Å². The molecule has 2 N–H and O–H groups in total. The molecule has 1 fully saturated rings. The molecule has 1 aliphatic carbocycles. The zero-order valence-corrected chi connectivity index (χ0v) is 13.0. The highest BCUT2D eigenvalue weighted by Gasteiger charge is 2.39. The molecule has 1 saturated carbocycles. The molecule has 2 unspecified atom stereocenters. The summed E-state index contributed by atoms with van der Waals surface area (Å²) in [6.45, 7) is 6.71. The topological polar surface area (TPSA) is 29.3 Å². The summed E-state index contributed by atoms with van der Waals surface area (Å²) in [4.78, 5) is 4.27. The van der Waals surface area contributed by atoms with E-state index in [0.717, 1.165) is 12.5 Å². The molecule has 0 bridgehead atoms. The molecule has 1 aromatic heterocycles. The monoisotopic (exact) mass is 278 g/mol. The standard InChI is InChI=1S/C16H26N2S/c1-12-14-7-9-19-15(14)6-8-18(12)16(2,11-17)10-13-4-3-5-13/h7,9,12-13H,3-6,8,10-11,17H2,1-2H3. The van der Waals surface area contributed by atoms with E-state index >= 15 is 0 Å². The lowest BCUT2D eigenvalue weighted by Gasteiger charge is -2.49. The van der Waals surface area contributed by atoms with Gasteiger partial charge < -0.3 is 5.73 Å². The van der Waals surface area contributed by atoms with Crippen molar-refractivity contribution in [3.63, 3.8) is 0 Å². The van der Waals surface area contributed by atoms with Crippen LogP contribution in [-0.4, -0.2) is 23.5 Å². The molecule has 0 aromatic carbocycles. The Morgan fingerprint density at radius 1 is 1.47 bits per heavy atom. The quantitative estimate of drug-likeness (QED) is 0.912. The van der Waals surface area contributed by atoms with Crippen molar-refractivity contribution in [2.45, 2.75) is 57.5 Å². The van der Waals surface area contributed by atoms with Gasteiger partial charge in [-0.15, -0.1) is 11.3 Å². The van der Waals surface area contributed by atoms with Crippen LogP contribution >= 0.6 is 11.3 Å². The fraction of sp³-hybridized carbons (Fsp3) is 0.750. The minimum atomic E-state index is 0.185. The molecule has 106 valence electrons. The summed E-state index contributed by atoms with van der Waals surface area (Å²) < 4.78 is 0. The SMILES string of the molecule is CC1c2ccsc2CCN1C(C)(CN)CC1CCC1. The molecule has 0 amide bonds. The van der Waals surface area contributed by atoms with E-state index in [4.69, 9.17) is 5.73 Å². The lowest BCUT2D eigenvalue weighted by Crippen LogP contribution is -2.55. The van der Waals surface area contributed by atoms with Crippen LogP contribution < -0.4 is 5.73 Å². The summed E-state index contributed by atoms with van der Waals surface area (Å²) in [7, 11) is 0.